The van der Waals surface area contributed by atoms with Gasteiger partial charge in [0, 0.05) is 0 Å². The van der Waals surface area contributed by atoms with E-state index in [1.165, 1.54) is 0 Å². The zero-order chi connectivity index (χ0) is 8.58. The van der Waals surface area contributed by atoms with Gasteiger partial charge in [-0.1, -0.05) is 20.8 Å². The Morgan fingerprint density at radius 3 is 1.50 bits per heavy atom. The maximum atomic E-state index is 10.4. The van der Waals surface area contributed by atoms with Crippen molar-refractivity contribution in [3.05, 3.63) is 11.8 Å². The average molecular weight is 159 g/mol. The molecule has 0 fully saturated rings. The number of allylic oxidation sites excluding steroid dienone is 1. The Morgan fingerprint density at radius 2 is 1.50 bits per heavy atom. The summed E-state index contributed by atoms with van der Waals surface area (Å²) in [5.41, 5.74) is -0.628. The number of hydrogen-bond donors (Lipinski definition) is 0. The van der Waals surface area contributed by atoms with Crippen LogP contribution in [0.25, 0.3) is 0 Å². The molecule has 4 heteroatoms. The van der Waals surface area contributed by atoms with Gasteiger partial charge >= 0.3 is 0 Å². The minimum absolute atomic E-state index is 0.208. The second-order valence-electron chi connectivity index (χ2n) is 3.28. The van der Waals surface area contributed by atoms with E-state index in [2.05, 4.69) is 6.58 Å². The van der Waals surface area contributed by atoms with Crippen LogP contribution in [0.15, 0.2) is 11.8 Å². The summed E-state index contributed by atoms with van der Waals surface area (Å²) in [5, 5.41) is -0.208. The molecule has 0 spiro atoms. The van der Waals surface area contributed by atoms with E-state index in [4.69, 9.17) is 0 Å². The lowest BCUT2D eigenvalue weighted by atomic mass is 9.97. The second kappa shape index (κ2) is 2.47. The molecule has 0 aliphatic heterocycles. The Hall–Kier alpha value is -0.163. The van der Waals surface area contributed by atoms with E-state index in [1.54, 1.807) is 20.8 Å². The van der Waals surface area contributed by atoms with Gasteiger partial charge < -0.3 is 14.4 Å². The zero-order valence-electron chi connectivity index (χ0n) is 6.43. The van der Waals surface area contributed by atoms with Crippen molar-refractivity contribution in [1.29, 1.82) is 0 Å². The summed E-state index contributed by atoms with van der Waals surface area (Å²) in [5.74, 6) is 0. The second-order valence-corrected chi connectivity index (χ2v) is 5.00. The van der Waals surface area contributed by atoms with Gasteiger partial charge in [-0.15, -0.1) is 11.8 Å². The molecule has 0 saturated heterocycles. The lowest BCUT2D eigenvalue weighted by molar-refractivity contribution is -0.501. The maximum Gasteiger partial charge on any atom is -0.0254 e. The van der Waals surface area contributed by atoms with Crippen molar-refractivity contribution in [3.63, 3.8) is 0 Å². The van der Waals surface area contributed by atoms with Crippen LogP contribution in [0.3, 0.4) is 0 Å². The predicted molar refractivity (Wildman–Crippen MR) is 34.3 cm³/mol. The molecular weight excluding hydrogens is 148 g/mol. The van der Waals surface area contributed by atoms with Crippen LogP contribution in [0.2, 0.25) is 0 Å². The maximum absolute atomic E-state index is 10.4. The van der Waals surface area contributed by atoms with E-state index in [-0.39, 0.29) is 5.20 Å². The van der Waals surface area contributed by atoms with Crippen LogP contribution in [0.1, 0.15) is 20.8 Å². The third-order valence-electron chi connectivity index (χ3n) is 1.27. The lowest BCUT2D eigenvalue weighted by Gasteiger charge is -2.61. The van der Waals surface area contributed by atoms with E-state index in [0.29, 0.717) is 0 Å². The van der Waals surface area contributed by atoms with Crippen molar-refractivity contribution < 1.29 is 14.4 Å². The molecule has 0 unspecified atom stereocenters. The molecule has 0 aromatic rings. The van der Waals surface area contributed by atoms with Gasteiger partial charge in [-0.05, 0) is 5.41 Å². The fourth-order valence-electron chi connectivity index (χ4n) is 0.459. The highest BCUT2D eigenvalue weighted by atomic mass is 28.4. The van der Waals surface area contributed by atoms with E-state index < -0.39 is 14.2 Å². The first kappa shape index (κ1) is 9.84. The third kappa shape index (κ3) is 2.61. The van der Waals surface area contributed by atoms with Gasteiger partial charge in [0.1, 0.15) is 0 Å². The molecule has 0 radical (unpaired) electrons. The highest BCUT2D eigenvalue weighted by Gasteiger charge is 2.12. The van der Waals surface area contributed by atoms with E-state index in [0.717, 1.165) is 0 Å². The van der Waals surface area contributed by atoms with Crippen LogP contribution in [0.4, 0.5) is 0 Å². The van der Waals surface area contributed by atoms with E-state index in [9.17, 15) is 14.4 Å². The molecule has 0 aliphatic rings. The molecule has 0 saturated carbocycles. The van der Waals surface area contributed by atoms with Crippen LogP contribution in [-0.4, -0.2) is 8.80 Å². The summed E-state index contributed by atoms with van der Waals surface area (Å²) in [6.45, 7) is 8.15. The summed E-state index contributed by atoms with van der Waals surface area (Å²) < 4.78 is 0. The van der Waals surface area contributed by atoms with Gasteiger partial charge in [0.05, 0.1) is 0 Å². The summed E-state index contributed by atoms with van der Waals surface area (Å²) in [4.78, 5) is 31.1. The van der Waals surface area contributed by atoms with Gasteiger partial charge in [-0.2, -0.15) is 0 Å². The fourth-order valence-corrected chi connectivity index (χ4v) is 1.38. The number of rotatable bonds is 1. The first-order chi connectivity index (χ1) is 4.15. The Morgan fingerprint density at radius 1 is 1.20 bits per heavy atom. The third-order valence-corrected chi connectivity index (χ3v) is 2.76. The van der Waals surface area contributed by atoms with Gasteiger partial charge in [-0.25, -0.2) is 8.80 Å². The van der Waals surface area contributed by atoms with Crippen molar-refractivity contribution in [1.82, 2.24) is 0 Å². The molecule has 10 heavy (non-hydrogen) atoms. The van der Waals surface area contributed by atoms with Crippen LogP contribution < -0.4 is 14.4 Å². The largest absolute Gasteiger partial charge is 0.878 e. The fraction of sp³-hybridized carbons (Fsp3) is 0.667. The Bertz CT molecular complexity index is 124. The Kier molecular flexibility index (Phi) is 2.43. The lowest BCUT2D eigenvalue weighted by Crippen LogP contribution is -2.76. The molecule has 60 valence electrons. The molecule has 0 heterocycles. The van der Waals surface area contributed by atoms with Crippen molar-refractivity contribution in [2.75, 3.05) is 0 Å². The molecule has 0 bridgehead atoms. The standard InChI is InChI=1S/C6H11O3Si/c1-5(6(2,3)4)10(7,8)9/h1H2,2-4H3/q-3. The highest BCUT2D eigenvalue weighted by molar-refractivity contribution is 6.59. The normalized spacial score (nSPS) is 13.4. The smallest absolute Gasteiger partial charge is 0.0254 e. The molecule has 0 aromatic heterocycles. The molecule has 0 rings (SSSR count). The summed E-state index contributed by atoms with van der Waals surface area (Å²) in [6.07, 6.45) is 0. The monoisotopic (exact) mass is 159 g/mol. The van der Waals surface area contributed by atoms with Crippen LogP contribution >= 0.6 is 0 Å². The van der Waals surface area contributed by atoms with Crippen molar-refractivity contribution in [3.8, 4) is 0 Å². The van der Waals surface area contributed by atoms with E-state index >= 15 is 0 Å². The first-order valence-electron chi connectivity index (χ1n) is 2.97. The molecule has 0 amide bonds. The predicted octanol–water partition coefficient (Wildman–Crippen LogP) is -1.85. The summed E-state index contributed by atoms with van der Waals surface area (Å²) in [6, 6.07) is 0. The molecule has 0 aromatic carbocycles. The molecule has 0 atom stereocenters. The quantitative estimate of drug-likeness (QED) is 0.422. The zero-order valence-corrected chi connectivity index (χ0v) is 7.43. The minimum Gasteiger partial charge on any atom is -0.878 e. The van der Waals surface area contributed by atoms with Gasteiger partial charge in [0.25, 0.3) is 0 Å². The topological polar surface area (TPSA) is 69.2 Å². The Balaban J connectivity index is 4.40. The van der Waals surface area contributed by atoms with Crippen molar-refractivity contribution in [2.24, 2.45) is 5.41 Å². The molecular formula is C6H11O3Si-3. The van der Waals surface area contributed by atoms with Gasteiger partial charge in [-0.3, -0.25) is 0 Å². The van der Waals surface area contributed by atoms with Gasteiger partial charge in [0.15, 0.2) is 0 Å². The molecule has 0 aliphatic carbocycles. The summed E-state index contributed by atoms with van der Waals surface area (Å²) in [7, 11) is -4.84. The van der Waals surface area contributed by atoms with Crippen LogP contribution in [0, 0.1) is 5.41 Å². The van der Waals surface area contributed by atoms with Crippen LogP contribution in [-0.2, 0) is 0 Å². The first-order valence-corrected chi connectivity index (χ1v) is 4.69. The van der Waals surface area contributed by atoms with E-state index in [1.807, 2.05) is 0 Å². The van der Waals surface area contributed by atoms with Gasteiger partial charge in [0.2, 0.25) is 0 Å². The minimum atomic E-state index is -4.84. The highest BCUT2D eigenvalue weighted by Crippen LogP contribution is 2.24. The molecule has 3 nitrogen and oxygen atoms in total. The van der Waals surface area contributed by atoms with Crippen molar-refractivity contribution >= 4 is 8.80 Å². The number of hydrogen-bond acceptors (Lipinski definition) is 3. The SMILES string of the molecule is C=C(C(C)(C)C)[Si]([O-])([O-])[O-]. The average Bonchev–Trinajstić information content (AvgIpc) is 1.59. The molecule has 0 N–H and O–H groups in total. The Labute approximate surface area is 62.0 Å². The van der Waals surface area contributed by atoms with Crippen LogP contribution in [0.5, 0.6) is 0 Å². The van der Waals surface area contributed by atoms with Crippen molar-refractivity contribution in [2.45, 2.75) is 20.8 Å². The summed E-state index contributed by atoms with van der Waals surface area (Å²) >= 11 is 0.